The molecule has 1 aromatic heterocycles. The van der Waals surface area contributed by atoms with E-state index >= 15 is 0 Å². The van der Waals surface area contributed by atoms with Gasteiger partial charge in [0.25, 0.3) is 10.0 Å². The molecule has 1 saturated heterocycles. The van der Waals surface area contributed by atoms with Gasteiger partial charge in [0.15, 0.2) is 5.82 Å². The van der Waals surface area contributed by atoms with Crippen molar-refractivity contribution in [1.82, 2.24) is 9.88 Å². The lowest BCUT2D eigenvalue weighted by Gasteiger charge is -2.29. The van der Waals surface area contributed by atoms with Gasteiger partial charge in [-0.3, -0.25) is 9.62 Å². The first-order valence-electron chi connectivity index (χ1n) is 10.0. The highest BCUT2D eigenvalue weighted by molar-refractivity contribution is 7.92. The molecule has 3 aromatic rings. The van der Waals surface area contributed by atoms with Gasteiger partial charge in [0.2, 0.25) is 0 Å². The summed E-state index contributed by atoms with van der Waals surface area (Å²) in [7, 11) is -2.10. The van der Waals surface area contributed by atoms with Crippen LogP contribution in [0.3, 0.4) is 0 Å². The van der Waals surface area contributed by atoms with Crippen molar-refractivity contribution < 1.29 is 12.8 Å². The minimum atomic E-state index is -4.05. The molecule has 1 fully saturated rings. The highest BCUT2D eigenvalue weighted by Crippen LogP contribution is 2.30. The molecular formula is C22H25FN4O2S2. The fourth-order valence-electron chi connectivity index (χ4n) is 4.00. The maximum atomic E-state index is 14.9. The van der Waals surface area contributed by atoms with Gasteiger partial charge >= 0.3 is 0 Å². The van der Waals surface area contributed by atoms with Crippen LogP contribution in [0.5, 0.6) is 0 Å². The SMILES string of the molecule is Cc1cc(S(=O)(=O)Nc2cscn2)c(F)cc1N(C)[C@@H]1CCN(Cc2ccccc2)C1. The van der Waals surface area contributed by atoms with Crippen LogP contribution >= 0.6 is 11.3 Å². The number of hydrogen-bond donors (Lipinski definition) is 1. The second-order valence-electron chi connectivity index (χ2n) is 7.82. The van der Waals surface area contributed by atoms with Gasteiger partial charge in [-0.25, -0.2) is 17.8 Å². The first kappa shape index (κ1) is 21.7. The normalized spacial score (nSPS) is 17.1. The van der Waals surface area contributed by atoms with Gasteiger partial charge < -0.3 is 4.90 Å². The molecule has 0 spiro atoms. The molecule has 0 unspecified atom stereocenters. The average Bonchev–Trinajstić information content (AvgIpc) is 3.41. The molecule has 1 aliphatic rings. The van der Waals surface area contributed by atoms with Gasteiger partial charge in [-0.1, -0.05) is 30.3 Å². The van der Waals surface area contributed by atoms with Gasteiger partial charge in [0.05, 0.1) is 5.51 Å². The number of anilines is 2. The monoisotopic (exact) mass is 460 g/mol. The average molecular weight is 461 g/mol. The number of sulfonamides is 1. The maximum Gasteiger partial charge on any atom is 0.266 e. The largest absolute Gasteiger partial charge is 0.370 e. The fourth-order valence-corrected chi connectivity index (χ4v) is 5.70. The van der Waals surface area contributed by atoms with E-state index in [2.05, 4.69) is 31.6 Å². The second-order valence-corrected chi connectivity index (χ2v) is 10.2. The number of nitrogens with zero attached hydrogens (tertiary/aromatic N) is 3. The van der Waals surface area contributed by atoms with Gasteiger partial charge in [0.1, 0.15) is 10.7 Å². The van der Waals surface area contributed by atoms with E-state index in [1.165, 1.54) is 34.5 Å². The summed E-state index contributed by atoms with van der Waals surface area (Å²) in [5.41, 5.74) is 4.20. The second kappa shape index (κ2) is 8.94. The topological polar surface area (TPSA) is 65.5 Å². The Hall–Kier alpha value is -2.49. The van der Waals surface area contributed by atoms with Crippen molar-refractivity contribution >= 4 is 32.9 Å². The van der Waals surface area contributed by atoms with Gasteiger partial charge in [0, 0.05) is 43.8 Å². The van der Waals surface area contributed by atoms with E-state index in [0.717, 1.165) is 26.1 Å². The number of nitrogens with one attached hydrogen (secondary N) is 1. The minimum Gasteiger partial charge on any atom is -0.370 e. The Kier molecular flexibility index (Phi) is 6.27. The third kappa shape index (κ3) is 4.89. The molecule has 0 aliphatic carbocycles. The summed E-state index contributed by atoms with van der Waals surface area (Å²) < 4.78 is 42.5. The van der Waals surface area contributed by atoms with Crippen molar-refractivity contribution in [3.63, 3.8) is 0 Å². The summed E-state index contributed by atoms with van der Waals surface area (Å²) in [6, 6.07) is 13.3. The molecule has 1 N–H and O–H groups in total. The number of likely N-dealkylation sites (tertiary alicyclic amines) is 1. The zero-order valence-corrected chi connectivity index (χ0v) is 19.1. The van der Waals surface area contributed by atoms with Gasteiger partial charge in [-0.2, -0.15) is 0 Å². The first-order chi connectivity index (χ1) is 14.8. The van der Waals surface area contributed by atoms with Gasteiger partial charge in [-0.05, 0) is 36.6 Å². The van der Waals surface area contributed by atoms with Crippen LogP contribution in [0.25, 0.3) is 0 Å². The summed E-state index contributed by atoms with van der Waals surface area (Å²) in [5, 5.41) is 1.56. The lowest BCUT2D eigenvalue weighted by Crippen LogP contribution is -2.35. The summed E-state index contributed by atoms with van der Waals surface area (Å²) >= 11 is 1.26. The fraction of sp³-hybridized carbons (Fsp3) is 0.318. The number of likely N-dealkylation sites (N-methyl/N-ethyl adjacent to an activating group) is 1. The quantitative estimate of drug-likeness (QED) is 0.575. The third-order valence-corrected chi connectivity index (χ3v) is 7.59. The van der Waals surface area contributed by atoms with Crippen LogP contribution in [0.1, 0.15) is 17.5 Å². The van der Waals surface area contributed by atoms with Crippen molar-refractivity contribution in [2.45, 2.75) is 30.8 Å². The molecule has 9 heteroatoms. The Bertz CT molecular complexity index is 1140. The van der Waals surface area contributed by atoms with Crippen LogP contribution in [0.15, 0.2) is 58.3 Å². The van der Waals surface area contributed by atoms with Crippen LogP contribution in [0.4, 0.5) is 15.9 Å². The lowest BCUT2D eigenvalue weighted by atomic mass is 10.1. The smallest absolute Gasteiger partial charge is 0.266 e. The van der Waals surface area contributed by atoms with Crippen molar-refractivity contribution in [2.75, 3.05) is 29.8 Å². The number of rotatable bonds is 7. The number of hydrogen-bond acceptors (Lipinski definition) is 6. The Labute approximate surface area is 186 Å². The number of aryl methyl sites for hydroxylation is 1. The van der Waals surface area contributed by atoms with Gasteiger partial charge in [-0.15, -0.1) is 11.3 Å². The Morgan fingerprint density at radius 3 is 2.77 bits per heavy atom. The molecular weight excluding hydrogens is 435 g/mol. The summed E-state index contributed by atoms with van der Waals surface area (Å²) in [5.74, 6) is -0.581. The van der Waals surface area contributed by atoms with E-state index in [1.54, 1.807) is 5.38 Å². The van der Waals surface area contributed by atoms with E-state index in [-0.39, 0.29) is 16.8 Å². The number of halogens is 1. The number of benzene rings is 2. The van der Waals surface area contributed by atoms with E-state index in [0.29, 0.717) is 11.3 Å². The van der Waals surface area contributed by atoms with Crippen molar-refractivity contribution in [1.29, 1.82) is 0 Å². The predicted molar refractivity (Wildman–Crippen MR) is 123 cm³/mol. The summed E-state index contributed by atoms with van der Waals surface area (Å²) in [6.07, 6.45) is 0.968. The first-order valence-corrected chi connectivity index (χ1v) is 12.5. The molecule has 2 heterocycles. The maximum absolute atomic E-state index is 14.9. The minimum absolute atomic E-state index is 0.188. The predicted octanol–water partition coefficient (Wildman–Crippen LogP) is 4.10. The number of aromatic nitrogens is 1. The zero-order chi connectivity index (χ0) is 22.0. The van der Waals surface area contributed by atoms with E-state index in [9.17, 15) is 12.8 Å². The van der Waals surface area contributed by atoms with E-state index < -0.39 is 15.8 Å². The number of thiazole rings is 1. The molecule has 0 bridgehead atoms. The molecule has 0 amide bonds. The Morgan fingerprint density at radius 1 is 1.29 bits per heavy atom. The van der Waals surface area contributed by atoms with E-state index in [4.69, 9.17) is 0 Å². The molecule has 6 nitrogen and oxygen atoms in total. The molecule has 31 heavy (non-hydrogen) atoms. The van der Waals surface area contributed by atoms with Crippen LogP contribution in [-0.4, -0.2) is 44.5 Å². The van der Waals surface area contributed by atoms with Crippen molar-refractivity contribution in [3.05, 3.63) is 70.3 Å². The van der Waals surface area contributed by atoms with Crippen LogP contribution < -0.4 is 9.62 Å². The summed E-state index contributed by atoms with van der Waals surface area (Å²) in [4.78, 5) is 7.99. The molecule has 1 atom stereocenters. The molecule has 1 aliphatic heterocycles. The molecule has 4 rings (SSSR count). The molecule has 164 valence electrons. The lowest BCUT2D eigenvalue weighted by molar-refractivity contribution is 0.326. The summed E-state index contributed by atoms with van der Waals surface area (Å²) in [6.45, 7) is 4.54. The van der Waals surface area contributed by atoms with Crippen molar-refractivity contribution in [3.8, 4) is 0 Å². The highest BCUT2D eigenvalue weighted by Gasteiger charge is 2.28. The van der Waals surface area contributed by atoms with Crippen LogP contribution in [-0.2, 0) is 16.6 Å². The standard InChI is InChI=1S/C22H25FN4O2S2/c1-16-10-21(31(28,29)25-22-14-30-15-24-22)19(23)11-20(16)26(2)18-8-9-27(13-18)12-17-6-4-3-5-7-17/h3-7,10-11,14-15,18,25H,8-9,12-13H2,1-2H3/t18-/m1/s1. The van der Waals surface area contributed by atoms with Crippen molar-refractivity contribution in [2.24, 2.45) is 0 Å². The third-order valence-electron chi connectivity index (χ3n) is 5.64. The molecule has 0 saturated carbocycles. The Morgan fingerprint density at radius 2 is 2.06 bits per heavy atom. The molecule has 2 aromatic carbocycles. The van der Waals surface area contributed by atoms with Crippen LogP contribution in [0, 0.1) is 12.7 Å². The highest BCUT2D eigenvalue weighted by atomic mass is 32.2. The van der Waals surface area contributed by atoms with E-state index in [1.807, 2.05) is 32.2 Å². The zero-order valence-electron chi connectivity index (χ0n) is 17.5. The Balaban J connectivity index is 1.49. The molecule has 0 radical (unpaired) electrons. The van der Waals surface area contributed by atoms with Crippen LogP contribution in [0.2, 0.25) is 0 Å².